The third-order valence-electron chi connectivity index (χ3n) is 3.49. The van der Waals surface area contributed by atoms with Crippen LogP contribution < -0.4 is 9.47 Å². The van der Waals surface area contributed by atoms with Crippen molar-refractivity contribution >= 4 is 17.6 Å². The normalized spacial score (nSPS) is 13.9. The number of benzene rings is 1. The number of hydrogen-bond acceptors (Lipinski definition) is 4. The van der Waals surface area contributed by atoms with Crippen molar-refractivity contribution in [3.8, 4) is 22.8 Å². The summed E-state index contributed by atoms with van der Waals surface area (Å²) in [5.41, 5.74) is 1.15. The summed E-state index contributed by atoms with van der Waals surface area (Å²) in [6, 6.07) is 4.86. The Kier molecular flexibility index (Phi) is 3.94. The molecule has 0 radical (unpaired) electrons. The number of H-pyrrole nitrogens is 1. The van der Waals surface area contributed by atoms with E-state index in [9.17, 15) is 4.79 Å². The molecule has 0 bridgehead atoms. The van der Waals surface area contributed by atoms with E-state index in [0.29, 0.717) is 40.3 Å². The highest BCUT2D eigenvalue weighted by Gasteiger charge is 2.24. The summed E-state index contributed by atoms with van der Waals surface area (Å²) in [4.78, 5) is 10.9. The zero-order valence-corrected chi connectivity index (χ0v) is 12.7. The van der Waals surface area contributed by atoms with Crippen LogP contribution in [0.2, 0.25) is 5.02 Å². The second-order valence-corrected chi connectivity index (χ2v) is 5.62. The molecule has 1 aromatic carbocycles. The molecule has 0 aliphatic heterocycles. The number of aromatic amines is 1. The maximum Gasteiger partial charge on any atom is 0.353 e. The van der Waals surface area contributed by atoms with Crippen molar-refractivity contribution in [3.05, 3.63) is 28.9 Å². The molecule has 2 aromatic rings. The molecular weight excluding hydrogens is 308 g/mol. The monoisotopic (exact) mass is 322 g/mol. The van der Waals surface area contributed by atoms with Crippen molar-refractivity contribution in [3.63, 3.8) is 0 Å². The van der Waals surface area contributed by atoms with Crippen LogP contribution in [0.3, 0.4) is 0 Å². The zero-order valence-electron chi connectivity index (χ0n) is 11.9. The predicted molar refractivity (Wildman–Crippen MR) is 80.8 cm³/mol. The van der Waals surface area contributed by atoms with Crippen LogP contribution in [0.15, 0.2) is 18.2 Å². The second-order valence-electron chi connectivity index (χ2n) is 5.22. The summed E-state index contributed by atoms with van der Waals surface area (Å²) in [6.07, 6.45) is 2.37. The molecule has 6 nitrogen and oxygen atoms in total. The Labute approximate surface area is 132 Å². The predicted octanol–water partition coefficient (Wildman–Crippen LogP) is 3.23. The molecule has 1 aliphatic rings. The topological polar surface area (TPSA) is 84.4 Å². The molecule has 3 rings (SSSR count). The van der Waals surface area contributed by atoms with Gasteiger partial charge in [0.15, 0.2) is 11.5 Å². The van der Waals surface area contributed by atoms with Crippen molar-refractivity contribution in [2.24, 2.45) is 5.92 Å². The number of carboxylic acid groups (broad SMARTS) is 1. The SMILES string of the molecule is COc1cc(-c2cc(C(=O)O)[nH]n2)cc(Cl)c1OCC1CC1. The van der Waals surface area contributed by atoms with Gasteiger partial charge in [0.05, 0.1) is 24.4 Å². The van der Waals surface area contributed by atoms with Crippen LogP contribution in [-0.4, -0.2) is 35.0 Å². The van der Waals surface area contributed by atoms with E-state index < -0.39 is 5.97 Å². The third-order valence-corrected chi connectivity index (χ3v) is 3.77. The van der Waals surface area contributed by atoms with Gasteiger partial charge in [0.2, 0.25) is 0 Å². The number of nitrogens with one attached hydrogen (secondary N) is 1. The number of carboxylic acids is 1. The average molecular weight is 323 g/mol. The minimum atomic E-state index is -1.07. The maximum atomic E-state index is 10.9. The fourth-order valence-electron chi connectivity index (χ4n) is 2.07. The average Bonchev–Trinajstić information content (AvgIpc) is 3.18. The van der Waals surface area contributed by atoms with Gasteiger partial charge in [0.1, 0.15) is 5.69 Å². The van der Waals surface area contributed by atoms with E-state index in [0.717, 1.165) is 0 Å². The first-order chi connectivity index (χ1) is 10.6. The van der Waals surface area contributed by atoms with Crippen LogP contribution in [0, 0.1) is 5.92 Å². The summed E-state index contributed by atoms with van der Waals surface area (Å²) in [7, 11) is 1.53. The van der Waals surface area contributed by atoms with Gasteiger partial charge < -0.3 is 14.6 Å². The quantitative estimate of drug-likeness (QED) is 0.853. The molecule has 2 N–H and O–H groups in total. The van der Waals surface area contributed by atoms with Gasteiger partial charge in [-0.2, -0.15) is 5.10 Å². The van der Waals surface area contributed by atoms with Crippen LogP contribution in [0.1, 0.15) is 23.3 Å². The van der Waals surface area contributed by atoms with Gasteiger partial charge in [-0.3, -0.25) is 5.10 Å². The van der Waals surface area contributed by atoms with Crippen LogP contribution in [0.5, 0.6) is 11.5 Å². The van der Waals surface area contributed by atoms with Crippen molar-refractivity contribution in [2.45, 2.75) is 12.8 Å². The fraction of sp³-hybridized carbons (Fsp3) is 0.333. The van der Waals surface area contributed by atoms with Crippen LogP contribution in [0.4, 0.5) is 0 Å². The van der Waals surface area contributed by atoms with Crippen molar-refractivity contribution in [2.75, 3.05) is 13.7 Å². The lowest BCUT2D eigenvalue weighted by molar-refractivity contribution is 0.0690. The molecule has 22 heavy (non-hydrogen) atoms. The molecule has 0 saturated heterocycles. The maximum absolute atomic E-state index is 10.9. The second kappa shape index (κ2) is 5.88. The molecule has 0 amide bonds. The molecule has 1 aliphatic carbocycles. The summed E-state index contributed by atoms with van der Waals surface area (Å²) < 4.78 is 11.1. The number of aromatic nitrogens is 2. The third kappa shape index (κ3) is 3.01. The minimum absolute atomic E-state index is 0.0131. The number of ether oxygens (including phenoxy) is 2. The molecule has 0 atom stereocenters. The summed E-state index contributed by atoms with van der Waals surface area (Å²) >= 11 is 6.28. The highest BCUT2D eigenvalue weighted by atomic mass is 35.5. The Morgan fingerprint density at radius 1 is 1.45 bits per heavy atom. The van der Waals surface area contributed by atoms with E-state index in [-0.39, 0.29) is 5.69 Å². The van der Waals surface area contributed by atoms with Crippen LogP contribution in [0.25, 0.3) is 11.3 Å². The zero-order chi connectivity index (χ0) is 15.7. The lowest BCUT2D eigenvalue weighted by atomic mass is 10.1. The number of hydrogen-bond donors (Lipinski definition) is 2. The summed E-state index contributed by atoms with van der Waals surface area (Å²) in [5.74, 6) is 0.544. The number of halogens is 1. The largest absolute Gasteiger partial charge is 0.493 e. The number of carbonyl (C=O) groups is 1. The highest BCUT2D eigenvalue weighted by Crippen LogP contribution is 2.40. The Morgan fingerprint density at radius 2 is 2.23 bits per heavy atom. The minimum Gasteiger partial charge on any atom is -0.493 e. The standard InChI is InChI=1S/C15H15ClN2O4/c1-21-13-5-9(11-6-12(15(19)20)18-17-11)4-10(16)14(13)22-7-8-2-3-8/h4-6,8H,2-3,7H2,1H3,(H,17,18)(H,19,20). The van der Waals surface area contributed by atoms with Gasteiger partial charge in [0.25, 0.3) is 0 Å². The van der Waals surface area contributed by atoms with E-state index in [4.69, 9.17) is 26.2 Å². The molecule has 116 valence electrons. The lowest BCUT2D eigenvalue weighted by Gasteiger charge is -2.13. The molecular formula is C15H15ClN2O4. The van der Waals surface area contributed by atoms with E-state index in [2.05, 4.69) is 10.2 Å². The molecule has 1 aromatic heterocycles. The smallest absolute Gasteiger partial charge is 0.353 e. The lowest BCUT2D eigenvalue weighted by Crippen LogP contribution is -2.01. The van der Waals surface area contributed by atoms with Crippen molar-refractivity contribution < 1.29 is 19.4 Å². The highest BCUT2D eigenvalue weighted by molar-refractivity contribution is 6.32. The van der Waals surface area contributed by atoms with Crippen LogP contribution >= 0.6 is 11.6 Å². The van der Waals surface area contributed by atoms with Gasteiger partial charge in [-0.1, -0.05) is 11.6 Å². The van der Waals surface area contributed by atoms with Gasteiger partial charge in [-0.05, 0) is 37.0 Å². The van der Waals surface area contributed by atoms with E-state index in [1.807, 2.05) is 0 Å². The molecule has 1 heterocycles. The first-order valence-electron chi connectivity index (χ1n) is 6.88. The summed E-state index contributed by atoms with van der Waals surface area (Å²) in [6.45, 7) is 0.626. The number of aromatic carboxylic acids is 1. The summed E-state index contributed by atoms with van der Waals surface area (Å²) in [5, 5.41) is 15.8. The Balaban J connectivity index is 1.91. The van der Waals surface area contributed by atoms with E-state index >= 15 is 0 Å². The first kappa shape index (κ1) is 14.7. The number of rotatable bonds is 6. The van der Waals surface area contributed by atoms with Gasteiger partial charge in [-0.15, -0.1) is 0 Å². The van der Waals surface area contributed by atoms with Gasteiger partial charge in [-0.25, -0.2) is 4.79 Å². The molecule has 1 saturated carbocycles. The molecule has 0 spiro atoms. The molecule has 1 fully saturated rings. The Morgan fingerprint density at radius 3 is 2.82 bits per heavy atom. The van der Waals surface area contributed by atoms with E-state index in [1.165, 1.54) is 26.0 Å². The van der Waals surface area contributed by atoms with Gasteiger partial charge in [0, 0.05) is 5.56 Å². The molecule has 7 heteroatoms. The van der Waals surface area contributed by atoms with Crippen LogP contribution in [-0.2, 0) is 0 Å². The number of nitrogens with zero attached hydrogens (tertiary/aromatic N) is 1. The molecule has 0 unspecified atom stereocenters. The van der Waals surface area contributed by atoms with E-state index in [1.54, 1.807) is 12.1 Å². The van der Waals surface area contributed by atoms with Gasteiger partial charge >= 0.3 is 5.97 Å². The van der Waals surface area contributed by atoms with Crippen molar-refractivity contribution in [1.82, 2.24) is 10.2 Å². The van der Waals surface area contributed by atoms with Crippen molar-refractivity contribution in [1.29, 1.82) is 0 Å². The fourth-order valence-corrected chi connectivity index (χ4v) is 2.34. The number of methoxy groups -OCH3 is 1. The Bertz CT molecular complexity index is 710. The first-order valence-corrected chi connectivity index (χ1v) is 7.25. The Hall–Kier alpha value is -2.21.